The van der Waals surface area contributed by atoms with E-state index in [4.69, 9.17) is 9.47 Å². The summed E-state index contributed by atoms with van der Waals surface area (Å²) >= 11 is 0. The molecule has 1 fully saturated rings. The van der Waals surface area contributed by atoms with Crippen molar-refractivity contribution in [1.29, 1.82) is 0 Å². The van der Waals surface area contributed by atoms with Crippen LogP contribution in [0.15, 0.2) is 30.3 Å². The van der Waals surface area contributed by atoms with Gasteiger partial charge in [-0.05, 0) is 25.0 Å². The molecule has 27 heavy (non-hydrogen) atoms. The summed E-state index contributed by atoms with van der Waals surface area (Å²) in [6.07, 6.45) is 1.37. The molecule has 2 N–H and O–H groups in total. The molecule has 0 atom stereocenters. The Balaban J connectivity index is 1.64. The lowest BCUT2D eigenvalue weighted by Crippen LogP contribution is -2.49. The van der Waals surface area contributed by atoms with E-state index in [1.54, 1.807) is 36.3 Å². The lowest BCUT2D eigenvalue weighted by molar-refractivity contribution is -0.131. The van der Waals surface area contributed by atoms with Gasteiger partial charge in [-0.2, -0.15) is 0 Å². The van der Waals surface area contributed by atoms with E-state index in [-0.39, 0.29) is 36.9 Å². The minimum absolute atomic E-state index is 0.00796. The van der Waals surface area contributed by atoms with Gasteiger partial charge in [0, 0.05) is 31.8 Å². The summed E-state index contributed by atoms with van der Waals surface area (Å²) < 4.78 is 10.0. The average Bonchev–Trinajstić information content (AvgIpc) is 2.70. The molecule has 0 bridgehead atoms. The Bertz CT molecular complexity index is 615. The first-order chi connectivity index (χ1) is 13.1. The molecule has 0 unspecified atom stereocenters. The summed E-state index contributed by atoms with van der Waals surface area (Å²) in [7, 11) is 1.58. The van der Waals surface area contributed by atoms with Crippen molar-refractivity contribution in [3.63, 3.8) is 0 Å². The quantitative estimate of drug-likeness (QED) is 0.599. The van der Waals surface area contributed by atoms with Crippen molar-refractivity contribution >= 4 is 17.7 Å². The Hall–Kier alpha value is -2.45. The molecule has 8 heteroatoms. The van der Waals surface area contributed by atoms with Gasteiger partial charge in [0.2, 0.25) is 11.8 Å². The molecule has 0 aromatic heterocycles. The standard InChI is InChI=1S/C19H27N3O5/c1-26-11-12-27-14-17(23)21-16-7-9-22(10-8-16)18(24)13-20-19(25)15-5-3-2-4-6-15/h2-6,16H,7-14H2,1H3,(H,20,25)(H,21,23). The van der Waals surface area contributed by atoms with Crippen LogP contribution >= 0.6 is 0 Å². The minimum Gasteiger partial charge on any atom is -0.382 e. The Morgan fingerprint density at radius 3 is 2.48 bits per heavy atom. The first-order valence-electron chi connectivity index (χ1n) is 9.07. The smallest absolute Gasteiger partial charge is 0.251 e. The highest BCUT2D eigenvalue weighted by Crippen LogP contribution is 2.10. The van der Waals surface area contributed by atoms with Gasteiger partial charge in [0.05, 0.1) is 19.8 Å². The molecule has 0 spiro atoms. The zero-order valence-corrected chi connectivity index (χ0v) is 15.6. The number of methoxy groups -OCH3 is 1. The molecule has 1 saturated heterocycles. The Morgan fingerprint density at radius 2 is 1.81 bits per heavy atom. The van der Waals surface area contributed by atoms with Crippen molar-refractivity contribution in [2.75, 3.05) is 46.6 Å². The first-order valence-corrected chi connectivity index (χ1v) is 9.07. The number of ether oxygens (including phenoxy) is 2. The van der Waals surface area contributed by atoms with Gasteiger partial charge in [-0.1, -0.05) is 18.2 Å². The fraction of sp³-hybridized carbons (Fsp3) is 0.526. The van der Waals surface area contributed by atoms with Crippen molar-refractivity contribution in [1.82, 2.24) is 15.5 Å². The van der Waals surface area contributed by atoms with Crippen LogP contribution in [0.1, 0.15) is 23.2 Å². The van der Waals surface area contributed by atoms with Gasteiger partial charge in [-0.15, -0.1) is 0 Å². The average molecular weight is 377 g/mol. The molecule has 0 saturated carbocycles. The summed E-state index contributed by atoms with van der Waals surface area (Å²) in [6.45, 7) is 1.91. The van der Waals surface area contributed by atoms with E-state index < -0.39 is 0 Å². The number of nitrogens with zero attached hydrogens (tertiary/aromatic N) is 1. The van der Waals surface area contributed by atoms with E-state index >= 15 is 0 Å². The van der Waals surface area contributed by atoms with E-state index in [0.29, 0.717) is 44.7 Å². The summed E-state index contributed by atoms with van der Waals surface area (Å²) in [6, 6.07) is 8.82. The molecule has 1 aliphatic rings. The second-order valence-corrected chi connectivity index (χ2v) is 6.32. The molecule has 0 aliphatic carbocycles. The minimum atomic E-state index is -0.264. The second-order valence-electron chi connectivity index (χ2n) is 6.32. The van der Waals surface area contributed by atoms with Gasteiger partial charge >= 0.3 is 0 Å². The first kappa shape index (κ1) is 20.9. The lowest BCUT2D eigenvalue weighted by atomic mass is 10.0. The predicted octanol–water partition coefficient (Wildman–Crippen LogP) is 0.187. The number of piperidine rings is 1. The summed E-state index contributed by atoms with van der Waals surface area (Å²) in [5.41, 5.74) is 0.527. The van der Waals surface area contributed by atoms with Crippen LogP contribution in [0.3, 0.4) is 0 Å². The van der Waals surface area contributed by atoms with Crippen molar-refractivity contribution in [2.24, 2.45) is 0 Å². The highest BCUT2D eigenvalue weighted by Gasteiger charge is 2.24. The molecule has 2 rings (SSSR count). The van der Waals surface area contributed by atoms with Crippen LogP contribution in [-0.2, 0) is 19.1 Å². The van der Waals surface area contributed by atoms with Crippen molar-refractivity contribution in [2.45, 2.75) is 18.9 Å². The summed E-state index contributed by atoms with van der Waals surface area (Å²) in [5, 5.41) is 5.56. The molecule has 1 aromatic rings. The number of carbonyl (C=O) groups excluding carboxylic acids is 3. The fourth-order valence-electron chi connectivity index (χ4n) is 2.81. The number of hydrogen-bond acceptors (Lipinski definition) is 5. The van der Waals surface area contributed by atoms with Crippen LogP contribution in [-0.4, -0.2) is 75.2 Å². The number of hydrogen-bond donors (Lipinski definition) is 2. The molecular weight excluding hydrogens is 350 g/mol. The number of likely N-dealkylation sites (tertiary alicyclic amines) is 1. The molecule has 1 heterocycles. The van der Waals surface area contributed by atoms with Crippen molar-refractivity contribution in [3.05, 3.63) is 35.9 Å². The van der Waals surface area contributed by atoms with E-state index in [1.807, 2.05) is 6.07 Å². The SMILES string of the molecule is COCCOCC(=O)NC1CCN(C(=O)CNC(=O)c2ccccc2)CC1. The highest BCUT2D eigenvalue weighted by molar-refractivity contribution is 5.96. The van der Waals surface area contributed by atoms with Crippen molar-refractivity contribution < 1.29 is 23.9 Å². The second kappa shape index (κ2) is 11.3. The molecule has 148 valence electrons. The highest BCUT2D eigenvalue weighted by atomic mass is 16.5. The third kappa shape index (κ3) is 7.36. The van der Waals surface area contributed by atoms with E-state index in [2.05, 4.69) is 10.6 Å². The van der Waals surface area contributed by atoms with E-state index in [9.17, 15) is 14.4 Å². The molecule has 0 radical (unpaired) electrons. The Morgan fingerprint density at radius 1 is 1.11 bits per heavy atom. The van der Waals surface area contributed by atoms with Gasteiger partial charge in [-0.3, -0.25) is 14.4 Å². The van der Waals surface area contributed by atoms with Crippen LogP contribution in [0, 0.1) is 0 Å². The Kier molecular flexibility index (Phi) is 8.73. The lowest BCUT2D eigenvalue weighted by Gasteiger charge is -2.32. The normalized spacial score (nSPS) is 14.6. The van der Waals surface area contributed by atoms with Crippen LogP contribution < -0.4 is 10.6 Å². The van der Waals surface area contributed by atoms with Crippen molar-refractivity contribution in [3.8, 4) is 0 Å². The van der Waals surface area contributed by atoms with E-state index in [1.165, 1.54) is 0 Å². The monoisotopic (exact) mass is 377 g/mol. The van der Waals surface area contributed by atoms with Gasteiger partial charge in [0.25, 0.3) is 5.91 Å². The molecule has 1 aromatic carbocycles. The maximum absolute atomic E-state index is 12.3. The molecule has 1 aliphatic heterocycles. The van der Waals surface area contributed by atoms with Gasteiger partial charge in [0.15, 0.2) is 0 Å². The van der Waals surface area contributed by atoms with Gasteiger partial charge in [0.1, 0.15) is 6.61 Å². The fourth-order valence-corrected chi connectivity index (χ4v) is 2.81. The topological polar surface area (TPSA) is 97.0 Å². The largest absolute Gasteiger partial charge is 0.382 e. The Labute approximate surface area is 159 Å². The zero-order chi connectivity index (χ0) is 19.5. The zero-order valence-electron chi connectivity index (χ0n) is 15.6. The number of carbonyl (C=O) groups is 3. The van der Waals surface area contributed by atoms with Crippen LogP contribution in [0.25, 0.3) is 0 Å². The van der Waals surface area contributed by atoms with Gasteiger partial charge < -0.3 is 25.0 Å². The number of amides is 3. The van der Waals surface area contributed by atoms with Crippen LogP contribution in [0.5, 0.6) is 0 Å². The summed E-state index contributed by atoms with van der Waals surface area (Å²) in [4.78, 5) is 37.7. The molecule has 3 amide bonds. The number of nitrogens with one attached hydrogen (secondary N) is 2. The third-order valence-corrected chi connectivity index (χ3v) is 4.31. The van der Waals surface area contributed by atoms with Crippen LogP contribution in [0.4, 0.5) is 0 Å². The van der Waals surface area contributed by atoms with E-state index in [0.717, 1.165) is 0 Å². The molecule has 8 nitrogen and oxygen atoms in total. The van der Waals surface area contributed by atoms with Gasteiger partial charge in [-0.25, -0.2) is 0 Å². The molecular formula is C19H27N3O5. The predicted molar refractivity (Wildman–Crippen MR) is 99.2 cm³/mol. The summed E-state index contributed by atoms with van der Waals surface area (Å²) in [5.74, 6) is -0.544. The number of rotatable bonds is 9. The number of benzene rings is 1. The maximum Gasteiger partial charge on any atom is 0.251 e. The van der Waals surface area contributed by atoms with Crippen LogP contribution in [0.2, 0.25) is 0 Å². The third-order valence-electron chi connectivity index (χ3n) is 4.31. The maximum atomic E-state index is 12.3.